The van der Waals surface area contributed by atoms with Gasteiger partial charge in [0.2, 0.25) is 17.7 Å². The van der Waals surface area contributed by atoms with Gasteiger partial charge >= 0.3 is 0 Å². The average molecular weight is 295 g/mol. The monoisotopic (exact) mass is 295 g/mol. The summed E-state index contributed by atoms with van der Waals surface area (Å²) in [5.41, 5.74) is 7.15. The summed E-state index contributed by atoms with van der Waals surface area (Å²) in [6.07, 6.45) is 0. The van der Waals surface area contributed by atoms with E-state index in [9.17, 15) is 4.79 Å². The van der Waals surface area contributed by atoms with Gasteiger partial charge in [0.25, 0.3) is 0 Å². The molecule has 0 aliphatic carbocycles. The molecule has 0 fully saturated rings. The Morgan fingerprint density at radius 3 is 1.91 bits per heavy atom. The summed E-state index contributed by atoms with van der Waals surface area (Å²) in [4.78, 5) is 11.1. The van der Waals surface area contributed by atoms with Crippen LogP contribution in [0.25, 0.3) is 22.9 Å². The first-order valence-corrected chi connectivity index (χ1v) is 6.55. The highest BCUT2D eigenvalue weighted by Crippen LogP contribution is 2.25. The first-order chi connectivity index (χ1) is 10.7. The maximum atomic E-state index is 11.1. The molecule has 110 valence electrons. The summed E-state index contributed by atoms with van der Waals surface area (Å²) in [5.74, 6) is 1.07. The molecule has 6 heteroatoms. The highest BCUT2D eigenvalue weighted by atomic mass is 16.5. The van der Waals surface area contributed by atoms with Crippen molar-refractivity contribution in [2.45, 2.75) is 0 Å². The van der Waals surface area contributed by atoms with Crippen molar-refractivity contribution >= 4 is 5.91 Å². The predicted octanol–water partition coefficient (Wildman–Crippen LogP) is 2.51. The van der Waals surface area contributed by atoms with Gasteiger partial charge in [-0.25, -0.2) is 0 Å². The van der Waals surface area contributed by atoms with Crippen LogP contribution in [0.5, 0.6) is 5.75 Å². The largest absolute Gasteiger partial charge is 0.497 e. The Morgan fingerprint density at radius 1 is 0.955 bits per heavy atom. The van der Waals surface area contributed by atoms with Gasteiger partial charge in [-0.1, -0.05) is 0 Å². The predicted molar refractivity (Wildman–Crippen MR) is 80.2 cm³/mol. The summed E-state index contributed by atoms with van der Waals surface area (Å²) in [5, 5.41) is 8.04. The van der Waals surface area contributed by atoms with Crippen LogP contribution in [0.2, 0.25) is 0 Å². The van der Waals surface area contributed by atoms with E-state index in [1.165, 1.54) is 0 Å². The lowest BCUT2D eigenvalue weighted by Crippen LogP contribution is -2.10. The van der Waals surface area contributed by atoms with Crippen LogP contribution in [0, 0.1) is 0 Å². The van der Waals surface area contributed by atoms with Crippen molar-refractivity contribution in [3.63, 3.8) is 0 Å². The Hall–Kier alpha value is -3.15. The molecule has 1 amide bonds. The molecule has 3 aromatic rings. The van der Waals surface area contributed by atoms with Crippen LogP contribution in [-0.2, 0) is 0 Å². The highest BCUT2D eigenvalue weighted by Gasteiger charge is 2.11. The fraction of sp³-hybridized carbons (Fsp3) is 0.0625. The van der Waals surface area contributed by atoms with Gasteiger partial charge in [-0.15, -0.1) is 10.2 Å². The zero-order valence-corrected chi connectivity index (χ0v) is 11.8. The maximum absolute atomic E-state index is 11.1. The average Bonchev–Trinajstić information content (AvgIpc) is 3.05. The van der Waals surface area contributed by atoms with Crippen LogP contribution in [0.4, 0.5) is 0 Å². The number of rotatable bonds is 4. The van der Waals surface area contributed by atoms with Crippen LogP contribution >= 0.6 is 0 Å². The van der Waals surface area contributed by atoms with E-state index in [0.717, 1.165) is 16.9 Å². The number of hydrogen-bond acceptors (Lipinski definition) is 5. The van der Waals surface area contributed by atoms with E-state index in [1.807, 2.05) is 24.3 Å². The van der Waals surface area contributed by atoms with Crippen molar-refractivity contribution in [3.05, 3.63) is 54.1 Å². The van der Waals surface area contributed by atoms with Crippen LogP contribution in [0.3, 0.4) is 0 Å². The molecule has 6 nitrogen and oxygen atoms in total. The Bertz CT molecular complexity index is 792. The molecule has 1 aromatic heterocycles. The van der Waals surface area contributed by atoms with E-state index in [2.05, 4.69) is 10.2 Å². The number of nitrogens with zero attached hydrogens (tertiary/aromatic N) is 2. The van der Waals surface area contributed by atoms with E-state index in [1.54, 1.807) is 31.4 Å². The molecule has 0 aliphatic rings. The van der Waals surface area contributed by atoms with Gasteiger partial charge in [0, 0.05) is 16.7 Å². The molecule has 0 saturated heterocycles. The number of ether oxygens (including phenoxy) is 1. The molecular weight excluding hydrogens is 282 g/mol. The maximum Gasteiger partial charge on any atom is 0.248 e. The van der Waals surface area contributed by atoms with E-state index in [4.69, 9.17) is 14.9 Å². The van der Waals surface area contributed by atoms with E-state index in [-0.39, 0.29) is 0 Å². The number of hydrogen-bond donors (Lipinski definition) is 1. The van der Waals surface area contributed by atoms with Crippen molar-refractivity contribution < 1.29 is 13.9 Å². The van der Waals surface area contributed by atoms with E-state index < -0.39 is 5.91 Å². The SMILES string of the molecule is COc1ccc(-c2nnc(-c3ccc(C(N)=O)cc3)o2)cc1. The fourth-order valence-electron chi connectivity index (χ4n) is 1.97. The molecule has 0 spiro atoms. The normalized spacial score (nSPS) is 10.4. The summed E-state index contributed by atoms with van der Waals surface area (Å²) >= 11 is 0. The fourth-order valence-corrected chi connectivity index (χ4v) is 1.97. The Morgan fingerprint density at radius 2 is 1.45 bits per heavy atom. The topological polar surface area (TPSA) is 91.2 Å². The standard InChI is InChI=1S/C16H13N3O3/c1-21-13-8-6-12(7-9-13)16-19-18-15(22-16)11-4-2-10(3-5-11)14(17)20/h2-9H,1H3,(H2,17,20). The molecule has 22 heavy (non-hydrogen) atoms. The third-order valence-electron chi connectivity index (χ3n) is 3.18. The third-order valence-corrected chi connectivity index (χ3v) is 3.18. The van der Waals surface area contributed by atoms with Crippen molar-refractivity contribution in [1.82, 2.24) is 10.2 Å². The zero-order chi connectivity index (χ0) is 15.5. The first kappa shape index (κ1) is 13.8. The van der Waals surface area contributed by atoms with Crippen LogP contribution < -0.4 is 10.5 Å². The second-order valence-electron chi connectivity index (χ2n) is 4.58. The zero-order valence-electron chi connectivity index (χ0n) is 11.8. The molecule has 0 bridgehead atoms. The first-order valence-electron chi connectivity index (χ1n) is 6.55. The van der Waals surface area contributed by atoms with Crippen LogP contribution in [-0.4, -0.2) is 23.2 Å². The lowest BCUT2D eigenvalue weighted by molar-refractivity contribution is 0.100. The molecule has 2 aromatic carbocycles. The van der Waals surface area contributed by atoms with Gasteiger partial charge < -0.3 is 14.9 Å². The van der Waals surface area contributed by atoms with Crippen LogP contribution in [0.1, 0.15) is 10.4 Å². The van der Waals surface area contributed by atoms with Gasteiger partial charge in [-0.05, 0) is 48.5 Å². The minimum absolute atomic E-state index is 0.377. The molecule has 0 radical (unpaired) electrons. The number of aromatic nitrogens is 2. The van der Waals surface area contributed by atoms with Gasteiger partial charge in [0.05, 0.1) is 7.11 Å². The number of carbonyl (C=O) groups excluding carboxylic acids is 1. The number of benzene rings is 2. The Balaban J connectivity index is 1.87. The third kappa shape index (κ3) is 2.67. The lowest BCUT2D eigenvalue weighted by atomic mass is 10.1. The second-order valence-corrected chi connectivity index (χ2v) is 4.58. The number of amides is 1. The van der Waals surface area contributed by atoms with E-state index in [0.29, 0.717) is 17.3 Å². The smallest absolute Gasteiger partial charge is 0.248 e. The van der Waals surface area contributed by atoms with Crippen LogP contribution in [0.15, 0.2) is 52.9 Å². The molecule has 3 rings (SSSR count). The summed E-state index contributed by atoms with van der Waals surface area (Å²) < 4.78 is 10.8. The number of primary amides is 1. The quantitative estimate of drug-likeness (QED) is 0.798. The molecule has 0 unspecified atom stereocenters. The second kappa shape index (κ2) is 5.69. The summed E-state index contributed by atoms with van der Waals surface area (Å²) in [7, 11) is 1.61. The molecule has 0 atom stereocenters. The highest BCUT2D eigenvalue weighted by molar-refractivity contribution is 5.93. The Labute approximate surface area is 126 Å². The summed E-state index contributed by atoms with van der Waals surface area (Å²) in [6, 6.07) is 14.0. The number of carbonyl (C=O) groups is 1. The van der Waals surface area contributed by atoms with Crippen molar-refractivity contribution in [2.24, 2.45) is 5.73 Å². The van der Waals surface area contributed by atoms with Gasteiger partial charge in [-0.2, -0.15) is 0 Å². The van der Waals surface area contributed by atoms with Crippen molar-refractivity contribution in [3.8, 4) is 28.7 Å². The number of nitrogens with two attached hydrogens (primary N) is 1. The molecular formula is C16H13N3O3. The molecule has 1 heterocycles. The summed E-state index contributed by atoms with van der Waals surface area (Å²) in [6.45, 7) is 0. The van der Waals surface area contributed by atoms with Crippen molar-refractivity contribution in [2.75, 3.05) is 7.11 Å². The minimum Gasteiger partial charge on any atom is -0.497 e. The van der Waals surface area contributed by atoms with E-state index >= 15 is 0 Å². The molecule has 0 saturated carbocycles. The van der Waals surface area contributed by atoms with Gasteiger partial charge in [0.1, 0.15) is 5.75 Å². The lowest BCUT2D eigenvalue weighted by Gasteiger charge is -1.99. The molecule has 2 N–H and O–H groups in total. The Kier molecular flexibility index (Phi) is 3.57. The molecule has 0 aliphatic heterocycles. The van der Waals surface area contributed by atoms with Gasteiger partial charge in [0.15, 0.2) is 0 Å². The minimum atomic E-state index is -0.476. The van der Waals surface area contributed by atoms with Crippen molar-refractivity contribution in [1.29, 1.82) is 0 Å². The number of methoxy groups -OCH3 is 1. The van der Waals surface area contributed by atoms with Gasteiger partial charge in [-0.3, -0.25) is 4.79 Å².